The topological polar surface area (TPSA) is 73.8 Å². The molecule has 1 aliphatic heterocycles. The molecule has 0 bridgehead atoms. The Morgan fingerprint density at radius 1 is 1.23 bits per heavy atom. The zero-order chi connectivity index (χ0) is 18.4. The van der Waals surface area contributed by atoms with E-state index < -0.39 is 10.0 Å². The fourth-order valence-corrected chi connectivity index (χ4v) is 4.35. The van der Waals surface area contributed by atoms with Gasteiger partial charge in [0.15, 0.2) is 5.96 Å². The average molecular weight is 494 g/mol. The summed E-state index contributed by atoms with van der Waals surface area (Å²) < 4.78 is 27.6. The van der Waals surface area contributed by atoms with Crippen LogP contribution in [-0.4, -0.2) is 52.5 Å². The monoisotopic (exact) mass is 494 g/mol. The second-order valence-electron chi connectivity index (χ2n) is 6.81. The van der Waals surface area contributed by atoms with Gasteiger partial charge in [-0.05, 0) is 49.8 Å². The number of aryl methyl sites for hydroxylation is 2. The number of rotatable bonds is 5. The van der Waals surface area contributed by atoms with Crippen LogP contribution in [-0.2, 0) is 10.0 Å². The molecule has 6 nitrogen and oxygen atoms in total. The first-order chi connectivity index (χ1) is 11.8. The van der Waals surface area contributed by atoms with Crippen LogP contribution >= 0.6 is 24.0 Å². The van der Waals surface area contributed by atoms with Gasteiger partial charge in [-0.15, -0.1) is 24.0 Å². The molecule has 2 N–H and O–H groups in total. The zero-order valence-corrected chi connectivity index (χ0v) is 19.2. The fraction of sp³-hybridized carbons (Fsp3) is 0.611. The lowest BCUT2D eigenvalue weighted by atomic mass is 10.00. The van der Waals surface area contributed by atoms with Crippen LogP contribution in [0, 0.1) is 19.8 Å². The number of likely N-dealkylation sites (tertiary alicyclic amines) is 1. The number of aliphatic imine (C=N–C) groups is 1. The predicted octanol–water partition coefficient (Wildman–Crippen LogP) is 2.51. The van der Waals surface area contributed by atoms with Gasteiger partial charge in [0.1, 0.15) is 0 Å². The number of halogens is 1. The van der Waals surface area contributed by atoms with Crippen LogP contribution in [0.2, 0.25) is 0 Å². The minimum atomic E-state index is -3.49. The molecule has 0 aliphatic carbocycles. The minimum absolute atomic E-state index is 0. The van der Waals surface area contributed by atoms with Crippen molar-refractivity contribution in [1.29, 1.82) is 0 Å². The van der Waals surface area contributed by atoms with Gasteiger partial charge in [0, 0.05) is 33.2 Å². The lowest BCUT2D eigenvalue weighted by molar-refractivity contribution is 0.273. The van der Waals surface area contributed by atoms with E-state index in [4.69, 9.17) is 0 Å². The first-order valence-corrected chi connectivity index (χ1v) is 10.3. The van der Waals surface area contributed by atoms with Gasteiger partial charge in [0.25, 0.3) is 0 Å². The summed E-state index contributed by atoms with van der Waals surface area (Å²) >= 11 is 0. The summed E-state index contributed by atoms with van der Waals surface area (Å²) in [5.74, 6) is 1.61. The molecule has 0 spiro atoms. The Bertz CT molecular complexity index is 714. The van der Waals surface area contributed by atoms with E-state index in [9.17, 15) is 8.42 Å². The van der Waals surface area contributed by atoms with Crippen molar-refractivity contribution < 1.29 is 8.42 Å². The second kappa shape index (κ2) is 10.5. The summed E-state index contributed by atoms with van der Waals surface area (Å²) in [4.78, 5) is 6.89. The van der Waals surface area contributed by atoms with Crippen molar-refractivity contribution >= 4 is 40.0 Å². The van der Waals surface area contributed by atoms with Crippen LogP contribution in [0.4, 0.5) is 0 Å². The van der Waals surface area contributed by atoms with E-state index in [0.29, 0.717) is 18.0 Å². The van der Waals surface area contributed by atoms with E-state index in [1.54, 1.807) is 13.1 Å². The molecule has 8 heteroatoms. The van der Waals surface area contributed by atoms with Crippen molar-refractivity contribution in [2.75, 3.05) is 33.2 Å². The molecule has 1 fully saturated rings. The van der Waals surface area contributed by atoms with E-state index in [0.717, 1.165) is 36.1 Å². The number of sulfonamides is 1. The summed E-state index contributed by atoms with van der Waals surface area (Å²) in [6.07, 6.45) is 2.33. The third-order valence-corrected chi connectivity index (χ3v) is 6.23. The van der Waals surface area contributed by atoms with Gasteiger partial charge in [-0.2, -0.15) is 0 Å². The van der Waals surface area contributed by atoms with Crippen molar-refractivity contribution in [2.24, 2.45) is 10.9 Å². The summed E-state index contributed by atoms with van der Waals surface area (Å²) in [7, 11) is -1.73. The molecule has 0 radical (unpaired) electrons. The molecule has 1 aromatic carbocycles. The Morgan fingerprint density at radius 3 is 2.50 bits per heavy atom. The molecule has 26 heavy (non-hydrogen) atoms. The van der Waals surface area contributed by atoms with Gasteiger partial charge in [-0.25, -0.2) is 13.1 Å². The molecule has 0 saturated carbocycles. The maximum absolute atomic E-state index is 12.5. The molecular weight excluding hydrogens is 463 g/mol. The van der Waals surface area contributed by atoms with Gasteiger partial charge < -0.3 is 10.2 Å². The molecule has 0 aromatic heterocycles. The third-order valence-electron chi connectivity index (χ3n) is 4.63. The van der Waals surface area contributed by atoms with E-state index >= 15 is 0 Å². The highest BCUT2D eigenvalue weighted by atomic mass is 127. The standard InChI is InChI=1S/C18H30N4O2S.HI/c1-14-7-11-22(12-8-14)18(19-4)20-9-10-21-25(23,24)17-13-15(2)5-6-16(17)3;/h5-6,13-14,21H,7-12H2,1-4H3,(H,19,20);1H. The number of piperidine rings is 1. The predicted molar refractivity (Wildman–Crippen MR) is 118 cm³/mol. The fourth-order valence-electron chi connectivity index (χ4n) is 2.99. The average Bonchev–Trinajstić information content (AvgIpc) is 2.58. The van der Waals surface area contributed by atoms with Crippen LogP contribution in [0.1, 0.15) is 30.9 Å². The Hall–Kier alpha value is -0.870. The zero-order valence-electron chi connectivity index (χ0n) is 16.1. The summed E-state index contributed by atoms with van der Waals surface area (Å²) in [5.41, 5.74) is 1.69. The van der Waals surface area contributed by atoms with Crippen LogP contribution in [0.25, 0.3) is 0 Å². The van der Waals surface area contributed by atoms with Crippen molar-refractivity contribution in [3.63, 3.8) is 0 Å². The summed E-state index contributed by atoms with van der Waals surface area (Å²) in [6, 6.07) is 5.46. The number of benzene rings is 1. The van der Waals surface area contributed by atoms with Gasteiger partial charge in [-0.3, -0.25) is 4.99 Å². The Labute approximate surface area is 174 Å². The smallest absolute Gasteiger partial charge is 0.240 e. The second-order valence-corrected chi connectivity index (χ2v) is 8.55. The maximum atomic E-state index is 12.5. The Balaban J connectivity index is 0.00000338. The van der Waals surface area contributed by atoms with E-state index in [1.165, 1.54) is 12.8 Å². The third kappa shape index (κ3) is 6.38. The van der Waals surface area contributed by atoms with Crippen molar-refractivity contribution in [3.8, 4) is 0 Å². The van der Waals surface area contributed by atoms with E-state index in [-0.39, 0.29) is 24.0 Å². The van der Waals surface area contributed by atoms with Crippen LogP contribution in [0.15, 0.2) is 28.1 Å². The summed E-state index contributed by atoms with van der Waals surface area (Å²) in [5, 5.41) is 3.25. The van der Waals surface area contributed by atoms with E-state index in [2.05, 4.69) is 26.9 Å². The normalized spacial score (nSPS) is 16.3. The molecule has 1 heterocycles. The molecule has 2 rings (SSSR count). The van der Waals surface area contributed by atoms with Gasteiger partial charge >= 0.3 is 0 Å². The summed E-state index contributed by atoms with van der Waals surface area (Å²) in [6.45, 7) is 8.79. The van der Waals surface area contributed by atoms with Crippen LogP contribution in [0.3, 0.4) is 0 Å². The van der Waals surface area contributed by atoms with Crippen LogP contribution < -0.4 is 10.0 Å². The number of guanidine groups is 1. The molecule has 0 atom stereocenters. The van der Waals surface area contributed by atoms with Crippen LogP contribution in [0.5, 0.6) is 0 Å². The van der Waals surface area contributed by atoms with Gasteiger partial charge in [0.2, 0.25) is 10.0 Å². The first-order valence-electron chi connectivity index (χ1n) is 8.86. The molecule has 1 aliphatic rings. The lowest BCUT2D eigenvalue weighted by Gasteiger charge is -2.32. The highest BCUT2D eigenvalue weighted by Gasteiger charge is 2.19. The quantitative estimate of drug-likeness (QED) is 0.286. The highest BCUT2D eigenvalue weighted by molar-refractivity contribution is 14.0. The SMILES string of the molecule is CN=C(NCCNS(=O)(=O)c1cc(C)ccc1C)N1CCC(C)CC1.I. The van der Waals surface area contributed by atoms with Crippen molar-refractivity contribution in [2.45, 2.75) is 38.5 Å². The molecule has 0 unspecified atom stereocenters. The molecular formula is C18H31IN4O2S. The number of hydrogen-bond acceptors (Lipinski definition) is 3. The maximum Gasteiger partial charge on any atom is 0.240 e. The molecule has 0 amide bonds. The number of hydrogen-bond donors (Lipinski definition) is 2. The number of nitrogens with one attached hydrogen (secondary N) is 2. The molecule has 1 aromatic rings. The van der Waals surface area contributed by atoms with Gasteiger partial charge in [0.05, 0.1) is 4.90 Å². The Morgan fingerprint density at radius 2 is 1.88 bits per heavy atom. The van der Waals surface area contributed by atoms with E-state index in [1.807, 2.05) is 26.0 Å². The van der Waals surface area contributed by atoms with Crippen molar-refractivity contribution in [1.82, 2.24) is 14.9 Å². The van der Waals surface area contributed by atoms with Gasteiger partial charge in [-0.1, -0.05) is 19.1 Å². The largest absolute Gasteiger partial charge is 0.355 e. The first kappa shape index (κ1) is 23.2. The highest BCUT2D eigenvalue weighted by Crippen LogP contribution is 2.17. The van der Waals surface area contributed by atoms with Crippen molar-refractivity contribution in [3.05, 3.63) is 29.3 Å². The number of nitrogens with zero attached hydrogens (tertiary/aromatic N) is 2. The Kier molecular flexibility index (Phi) is 9.32. The minimum Gasteiger partial charge on any atom is -0.355 e. The molecule has 1 saturated heterocycles. The molecule has 148 valence electrons. The lowest BCUT2D eigenvalue weighted by Crippen LogP contribution is -2.47.